The van der Waals surface area contributed by atoms with Crippen molar-refractivity contribution in [3.8, 4) is 17.4 Å². The van der Waals surface area contributed by atoms with E-state index in [2.05, 4.69) is 54.8 Å². The van der Waals surface area contributed by atoms with Crippen molar-refractivity contribution >= 4 is 15.9 Å². The highest BCUT2D eigenvalue weighted by atomic mass is 79.9. The monoisotopic (exact) mass is 304 g/mol. The summed E-state index contributed by atoms with van der Waals surface area (Å²) in [4.78, 5) is 0. The first kappa shape index (κ1) is 12.8. The van der Waals surface area contributed by atoms with Crippen molar-refractivity contribution in [2.24, 2.45) is 0 Å². The average molecular weight is 305 g/mol. The number of benzene rings is 1. The molecular formula is C14H13BrN2O. The van der Waals surface area contributed by atoms with E-state index in [1.807, 2.05) is 6.07 Å². The van der Waals surface area contributed by atoms with Gasteiger partial charge < -0.3 is 4.52 Å². The molecule has 18 heavy (non-hydrogen) atoms. The lowest BCUT2D eigenvalue weighted by atomic mass is 9.93. The maximum Gasteiger partial charge on any atom is 0.198 e. The fraction of sp³-hybridized carbons (Fsp3) is 0.286. The van der Waals surface area contributed by atoms with E-state index in [-0.39, 0.29) is 5.69 Å². The van der Waals surface area contributed by atoms with Gasteiger partial charge in [-0.25, -0.2) is 0 Å². The molecule has 3 nitrogen and oxygen atoms in total. The molecule has 1 aromatic carbocycles. The van der Waals surface area contributed by atoms with E-state index >= 15 is 0 Å². The van der Waals surface area contributed by atoms with Gasteiger partial charge in [0.15, 0.2) is 11.5 Å². The first-order chi connectivity index (χ1) is 8.47. The van der Waals surface area contributed by atoms with Crippen molar-refractivity contribution in [1.29, 1.82) is 5.26 Å². The van der Waals surface area contributed by atoms with E-state index in [4.69, 9.17) is 9.78 Å². The molecule has 0 atom stereocenters. The zero-order valence-corrected chi connectivity index (χ0v) is 12.3. The molecule has 0 radical (unpaired) electrons. The molecule has 4 heteroatoms. The zero-order chi connectivity index (χ0) is 13.4. The summed E-state index contributed by atoms with van der Waals surface area (Å²) in [6.07, 6.45) is 0. The van der Waals surface area contributed by atoms with Crippen molar-refractivity contribution in [2.75, 3.05) is 0 Å². The summed E-state index contributed by atoms with van der Waals surface area (Å²) in [5, 5.41) is 12.7. The third kappa shape index (κ3) is 1.85. The van der Waals surface area contributed by atoms with E-state index in [1.54, 1.807) is 0 Å². The molecule has 2 aromatic rings. The van der Waals surface area contributed by atoms with Crippen LogP contribution in [0.3, 0.4) is 0 Å². The molecule has 1 aromatic heterocycles. The van der Waals surface area contributed by atoms with Gasteiger partial charge in [0.05, 0.1) is 0 Å². The summed E-state index contributed by atoms with van der Waals surface area (Å²) < 4.78 is 5.95. The molecule has 92 valence electrons. The Morgan fingerprint density at radius 2 is 1.72 bits per heavy atom. The molecule has 0 aliphatic rings. The fourth-order valence-corrected chi connectivity index (χ4v) is 2.49. The normalized spacial score (nSPS) is 10.4. The Hall–Kier alpha value is -1.60. The number of nitrogens with zero attached hydrogens (tertiary/aromatic N) is 2. The van der Waals surface area contributed by atoms with Crippen molar-refractivity contribution in [3.63, 3.8) is 0 Å². The Balaban J connectivity index is 2.79. The Morgan fingerprint density at radius 1 is 1.17 bits per heavy atom. The van der Waals surface area contributed by atoms with Crippen LogP contribution >= 0.6 is 15.9 Å². The molecule has 0 saturated heterocycles. The fourth-order valence-electron chi connectivity index (χ4n) is 2.06. The second kappa shape index (κ2) is 4.58. The lowest BCUT2D eigenvalue weighted by molar-refractivity contribution is 0.429. The highest BCUT2D eigenvalue weighted by molar-refractivity contribution is 9.10. The van der Waals surface area contributed by atoms with Gasteiger partial charge in [-0.2, -0.15) is 5.26 Å². The van der Waals surface area contributed by atoms with Gasteiger partial charge in [-0.05, 0) is 65.9 Å². The van der Waals surface area contributed by atoms with Gasteiger partial charge in [0, 0.05) is 5.56 Å². The molecule has 0 aliphatic heterocycles. The minimum absolute atomic E-state index is 0.281. The molecule has 0 saturated carbocycles. The van der Waals surface area contributed by atoms with Gasteiger partial charge in [0.1, 0.15) is 10.5 Å². The van der Waals surface area contributed by atoms with Crippen LogP contribution in [0.25, 0.3) is 11.3 Å². The summed E-state index contributed by atoms with van der Waals surface area (Å²) >= 11 is 3.39. The van der Waals surface area contributed by atoms with Gasteiger partial charge >= 0.3 is 0 Å². The molecule has 2 rings (SSSR count). The van der Waals surface area contributed by atoms with Gasteiger partial charge in [-0.3, -0.25) is 0 Å². The third-order valence-electron chi connectivity index (χ3n) is 3.33. The molecular weight excluding hydrogens is 292 g/mol. The van der Waals surface area contributed by atoms with E-state index in [0.29, 0.717) is 10.2 Å². The number of nitriles is 1. The molecule has 0 spiro atoms. The van der Waals surface area contributed by atoms with Crippen LogP contribution in [0.4, 0.5) is 0 Å². The quantitative estimate of drug-likeness (QED) is 0.793. The minimum Gasteiger partial charge on any atom is -0.354 e. The molecule has 0 aliphatic carbocycles. The standard InChI is InChI=1S/C14H13BrN2O/c1-7-5-8(2)10(4)12(9(7)3)14-13(15)11(6-16)17-18-14/h5H,1-4H3. The molecule has 0 unspecified atom stereocenters. The Kier molecular flexibility index (Phi) is 3.27. The highest BCUT2D eigenvalue weighted by Crippen LogP contribution is 2.37. The second-order valence-electron chi connectivity index (χ2n) is 4.42. The summed E-state index contributed by atoms with van der Waals surface area (Å²) in [6, 6.07) is 4.16. The number of hydrogen-bond donors (Lipinski definition) is 0. The maximum absolute atomic E-state index is 8.92. The van der Waals surface area contributed by atoms with E-state index < -0.39 is 0 Å². The maximum atomic E-state index is 8.92. The number of rotatable bonds is 1. The SMILES string of the molecule is Cc1cc(C)c(C)c(-c2onc(C#N)c2Br)c1C. The van der Waals surface area contributed by atoms with Gasteiger partial charge in [-0.15, -0.1) is 0 Å². The van der Waals surface area contributed by atoms with Crippen LogP contribution in [0.2, 0.25) is 0 Å². The summed E-state index contributed by atoms with van der Waals surface area (Å²) in [7, 11) is 0. The van der Waals surface area contributed by atoms with E-state index in [0.717, 1.165) is 16.7 Å². The lowest BCUT2D eigenvalue weighted by Gasteiger charge is -2.13. The Morgan fingerprint density at radius 3 is 2.17 bits per heavy atom. The zero-order valence-electron chi connectivity index (χ0n) is 10.8. The minimum atomic E-state index is 0.281. The van der Waals surface area contributed by atoms with Gasteiger partial charge in [0.25, 0.3) is 0 Å². The molecule has 0 bridgehead atoms. The van der Waals surface area contributed by atoms with Crippen LogP contribution in [0.15, 0.2) is 15.1 Å². The topological polar surface area (TPSA) is 49.8 Å². The molecule has 0 amide bonds. The molecule has 1 heterocycles. The summed E-state index contributed by atoms with van der Waals surface area (Å²) in [5.41, 5.74) is 6.01. The average Bonchev–Trinajstić information content (AvgIpc) is 2.69. The van der Waals surface area contributed by atoms with Crippen molar-refractivity contribution in [2.45, 2.75) is 27.7 Å². The third-order valence-corrected chi connectivity index (χ3v) is 4.07. The Bertz CT molecular complexity index is 639. The van der Waals surface area contributed by atoms with Crippen LogP contribution in [0, 0.1) is 39.0 Å². The smallest absolute Gasteiger partial charge is 0.198 e. The van der Waals surface area contributed by atoms with Crippen LogP contribution in [0.5, 0.6) is 0 Å². The van der Waals surface area contributed by atoms with Crippen LogP contribution < -0.4 is 0 Å². The summed E-state index contributed by atoms with van der Waals surface area (Å²) in [6.45, 7) is 8.25. The predicted octanol–water partition coefficient (Wildman–Crippen LogP) is 4.21. The van der Waals surface area contributed by atoms with Crippen molar-refractivity contribution < 1.29 is 4.52 Å². The van der Waals surface area contributed by atoms with Crippen LogP contribution in [-0.2, 0) is 0 Å². The van der Waals surface area contributed by atoms with Gasteiger partial charge in [0.2, 0.25) is 0 Å². The number of aryl methyl sites for hydroxylation is 2. The molecule has 0 fully saturated rings. The highest BCUT2D eigenvalue weighted by Gasteiger charge is 2.20. The molecule has 0 N–H and O–H groups in total. The van der Waals surface area contributed by atoms with Crippen molar-refractivity contribution in [3.05, 3.63) is 38.5 Å². The van der Waals surface area contributed by atoms with Crippen molar-refractivity contribution in [1.82, 2.24) is 5.16 Å². The first-order valence-electron chi connectivity index (χ1n) is 5.60. The number of hydrogen-bond acceptors (Lipinski definition) is 3. The lowest BCUT2D eigenvalue weighted by Crippen LogP contribution is -1.94. The second-order valence-corrected chi connectivity index (χ2v) is 5.21. The van der Waals surface area contributed by atoms with E-state index in [9.17, 15) is 0 Å². The Labute approximate surface area is 115 Å². The summed E-state index contributed by atoms with van der Waals surface area (Å²) in [5.74, 6) is 0.633. The van der Waals surface area contributed by atoms with Crippen LogP contribution in [0.1, 0.15) is 27.9 Å². The largest absolute Gasteiger partial charge is 0.354 e. The van der Waals surface area contributed by atoms with E-state index in [1.165, 1.54) is 11.1 Å². The van der Waals surface area contributed by atoms with Gasteiger partial charge in [-0.1, -0.05) is 11.2 Å². The number of aromatic nitrogens is 1. The first-order valence-corrected chi connectivity index (χ1v) is 6.39. The predicted molar refractivity (Wildman–Crippen MR) is 73.3 cm³/mol. The number of halogens is 1. The van der Waals surface area contributed by atoms with Crippen LogP contribution in [-0.4, -0.2) is 5.16 Å².